The van der Waals surface area contributed by atoms with Gasteiger partial charge in [-0.05, 0) is 31.2 Å². The van der Waals surface area contributed by atoms with Crippen LogP contribution in [0.2, 0.25) is 5.02 Å². The molecule has 2 N–H and O–H groups in total. The van der Waals surface area contributed by atoms with Crippen LogP contribution in [0.15, 0.2) is 36.7 Å². The van der Waals surface area contributed by atoms with Gasteiger partial charge in [-0.2, -0.15) is 13.2 Å². The predicted molar refractivity (Wildman–Crippen MR) is 123 cm³/mol. The number of hydrogen-bond donors (Lipinski definition) is 2. The molecule has 0 saturated heterocycles. The molecular weight excluding hydrogens is 491 g/mol. The summed E-state index contributed by atoms with van der Waals surface area (Å²) in [4.78, 5) is 40.8. The normalized spacial score (nSPS) is 12.6. The van der Waals surface area contributed by atoms with Gasteiger partial charge in [0.1, 0.15) is 16.5 Å². The molecular formula is C22H17ClF3N5O2S. The maximum absolute atomic E-state index is 13.0. The number of nitrogens with zero attached hydrogens (tertiary/aromatic N) is 3. The Labute approximate surface area is 200 Å². The number of aryl methyl sites for hydroxylation is 1. The van der Waals surface area contributed by atoms with Gasteiger partial charge in [-0.15, -0.1) is 11.3 Å². The Kier molecular flexibility index (Phi) is 6.41. The number of alkyl halides is 3. The van der Waals surface area contributed by atoms with Gasteiger partial charge >= 0.3 is 6.18 Å². The molecule has 1 atom stereocenters. The zero-order valence-electron chi connectivity index (χ0n) is 17.8. The number of ketones is 1. The van der Waals surface area contributed by atoms with E-state index in [-0.39, 0.29) is 28.8 Å². The number of carbonyl (C=O) groups is 2. The van der Waals surface area contributed by atoms with Crippen LogP contribution in [0.25, 0.3) is 11.0 Å². The van der Waals surface area contributed by atoms with E-state index in [2.05, 4.69) is 25.3 Å². The number of H-pyrrole nitrogens is 1. The van der Waals surface area contributed by atoms with E-state index in [0.717, 1.165) is 34.4 Å². The molecule has 0 unspecified atom stereocenters. The summed E-state index contributed by atoms with van der Waals surface area (Å²) in [6.45, 7) is 3.64. The lowest BCUT2D eigenvalue weighted by atomic mass is 10.00. The number of pyridine rings is 1. The van der Waals surface area contributed by atoms with Gasteiger partial charge < -0.3 is 10.3 Å². The van der Waals surface area contributed by atoms with Crippen molar-refractivity contribution in [1.82, 2.24) is 19.9 Å². The number of carbonyl (C=O) groups excluding carboxylic acids is 2. The molecule has 0 spiro atoms. The largest absolute Gasteiger partial charge is 0.418 e. The molecule has 7 nitrogen and oxygen atoms in total. The summed E-state index contributed by atoms with van der Waals surface area (Å²) in [7, 11) is 0. The molecule has 4 aromatic rings. The summed E-state index contributed by atoms with van der Waals surface area (Å²) < 4.78 is 39.1. The third kappa shape index (κ3) is 5.10. The molecule has 0 aliphatic rings. The van der Waals surface area contributed by atoms with Crippen molar-refractivity contribution in [2.24, 2.45) is 0 Å². The fraction of sp³-hybridized carbons (Fsp3) is 0.227. The Morgan fingerprint density at radius 1 is 1.21 bits per heavy atom. The highest BCUT2D eigenvalue weighted by Crippen LogP contribution is 2.35. The topological polar surface area (TPSA) is 101 Å². The highest BCUT2D eigenvalue weighted by atomic mass is 35.5. The van der Waals surface area contributed by atoms with Crippen LogP contribution in [0, 0.1) is 6.92 Å². The molecule has 1 amide bonds. The van der Waals surface area contributed by atoms with Gasteiger partial charge in [0.25, 0.3) is 5.91 Å². The van der Waals surface area contributed by atoms with E-state index in [4.69, 9.17) is 11.6 Å². The number of anilines is 1. The molecule has 0 fully saturated rings. The van der Waals surface area contributed by atoms with Crippen molar-refractivity contribution >= 4 is 51.5 Å². The summed E-state index contributed by atoms with van der Waals surface area (Å²) in [5.41, 5.74) is 0.982. The molecule has 0 bridgehead atoms. The summed E-state index contributed by atoms with van der Waals surface area (Å²) in [6, 6.07) is 5.91. The van der Waals surface area contributed by atoms with E-state index in [1.165, 1.54) is 6.20 Å². The number of rotatable bonds is 6. The third-order valence-corrected chi connectivity index (χ3v) is 6.51. The fourth-order valence-electron chi connectivity index (χ4n) is 3.32. The molecule has 4 rings (SSSR count). The Bertz CT molecular complexity index is 1400. The molecule has 34 heavy (non-hydrogen) atoms. The Balaban J connectivity index is 1.43. The van der Waals surface area contributed by atoms with E-state index in [1.807, 2.05) is 13.8 Å². The van der Waals surface area contributed by atoms with Crippen molar-refractivity contribution in [2.75, 3.05) is 5.32 Å². The smallest absolute Gasteiger partial charge is 0.342 e. The van der Waals surface area contributed by atoms with Gasteiger partial charge in [-0.25, -0.2) is 15.0 Å². The summed E-state index contributed by atoms with van der Waals surface area (Å²) in [5.74, 6) is -0.559. The van der Waals surface area contributed by atoms with Gasteiger partial charge in [0.05, 0.1) is 32.8 Å². The maximum Gasteiger partial charge on any atom is 0.418 e. The monoisotopic (exact) mass is 507 g/mol. The van der Waals surface area contributed by atoms with E-state index in [9.17, 15) is 22.8 Å². The molecule has 0 aliphatic heterocycles. The van der Waals surface area contributed by atoms with Crippen molar-refractivity contribution in [3.05, 3.63) is 68.5 Å². The average Bonchev–Trinajstić information content (AvgIpc) is 3.39. The van der Waals surface area contributed by atoms with Gasteiger partial charge in [-0.1, -0.05) is 18.5 Å². The minimum absolute atomic E-state index is 0.0899. The maximum atomic E-state index is 13.0. The first-order valence-electron chi connectivity index (χ1n) is 10.0. The standard InChI is InChI=1S/C22H17ClF3N5O2S/c1-10(5-17(32)12-3-4-15-16(6-12)30-11(2)29-15)21-28-9-18(34-21)20(33)31-19-7-13(22(24,25)26)14(23)8-27-19/h3-4,6-10H,5H2,1-2H3,(H,29,30)(H,27,31,33)/t10-/m0/s1. The molecule has 3 aromatic heterocycles. The van der Waals surface area contributed by atoms with Crippen molar-refractivity contribution in [2.45, 2.75) is 32.4 Å². The van der Waals surface area contributed by atoms with Gasteiger partial charge in [0, 0.05) is 24.1 Å². The average molecular weight is 508 g/mol. The Morgan fingerprint density at radius 3 is 2.71 bits per heavy atom. The zero-order chi connectivity index (χ0) is 24.6. The van der Waals surface area contributed by atoms with Crippen LogP contribution in [-0.2, 0) is 6.18 Å². The fourth-order valence-corrected chi connectivity index (χ4v) is 4.39. The highest BCUT2D eigenvalue weighted by Gasteiger charge is 2.34. The Hall–Kier alpha value is -3.31. The number of benzene rings is 1. The molecule has 1 aromatic carbocycles. The quantitative estimate of drug-likeness (QED) is 0.311. The van der Waals surface area contributed by atoms with Gasteiger partial charge in [0.15, 0.2) is 5.78 Å². The van der Waals surface area contributed by atoms with Crippen LogP contribution in [0.1, 0.15) is 55.7 Å². The van der Waals surface area contributed by atoms with E-state index in [0.29, 0.717) is 16.6 Å². The Morgan fingerprint density at radius 2 is 1.97 bits per heavy atom. The number of nitrogens with one attached hydrogen (secondary N) is 2. The summed E-state index contributed by atoms with van der Waals surface area (Å²) in [5, 5.41) is 2.31. The van der Waals surface area contributed by atoms with Crippen molar-refractivity contribution in [1.29, 1.82) is 0 Å². The minimum Gasteiger partial charge on any atom is -0.342 e. The number of aromatic amines is 1. The number of hydrogen-bond acceptors (Lipinski definition) is 6. The van der Waals surface area contributed by atoms with E-state index >= 15 is 0 Å². The zero-order valence-corrected chi connectivity index (χ0v) is 19.4. The number of imidazole rings is 1. The van der Waals surface area contributed by atoms with Crippen LogP contribution in [0.3, 0.4) is 0 Å². The number of Topliss-reactive ketones (excluding diaryl/α,β-unsaturated/α-hetero) is 1. The van der Waals surface area contributed by atoms with Crippen LogP contribution in [-0.4, -0.2) is 31.6 Å². The predicted octanol–water partition coefficient (Wildman–Crippen LogP) is 6.02. The van der Waals surface area contributed by atoms with E-state index < -0.39 is 22.7 Å². The second-order valence-electron chi connectivity index (χ2n) is 7.65. The molecule has 176 valence electrons. The van der Waals surface area contributed by atoms with Crippen LogP contribution in [0.5, 0.6) is 0 Å². The first kappa shape index (κ1) is 23.8. The summed E-state index contributed by atoms with van der Waals surface area (Å²) >= 11 is 6.61. The van der Waals surface area contributed by atoms with Crippen molar-refractivity contribution < 1.29 is 22.8 Å². The number of thiazole rings is 1. The third-order valence-electron chi connectivity index (χ3n) is 4.99. The van der Waals surface area contributed by atoms with Crippen LogP contribution < -0.4 is 5.32 Å². The summed E-state index contributed by atoms with van der Waals surface area (Å²) in [6.07, 6.45) is -2.37. The van der Waals surface area contributed by atoms with Gasteiger partial charge in [0.2, 0.25) is 0 Å². The second-order valence-corrected chi connectivity index (χ2v) is 9.12. The minimum atomic E-state index is -4.68. The first-order valence-corrected chi connectivity index (χ1v) is 11.2. The highest BCUT2D eigenvalue weighted by molar-refractivity contribution is 7.13. The number of amides is 1. The van der Waals surface area contributed by atoms with Gasteiger partial charge in [-0.3, -0.25) is 9.59 Å². The first-order chi connectivity index (χ1) is 16.0. The molecule has 3 heterocycles. The SMILES string of the molecule is Cc1nc2ccc(C(=O)C[C@H](C)c3ncc(C(=O)Nc4cc(C(F)(F)F)c(Cl)cn4)s3)cc2[nH]1. The number of halogens is 4. The molecule has 0 saturated carbocycles. The number of aromatic nitrogens is 4. The second kappa shape index (κ2) is 9.15. The van der Waals surface area contributed by atoms with Crippen LogP contribution >= 0.6 is 22.9 Å². The number of fused-ring (bicyclic) bond motifs is 1. The lowest BCUT2D eigenvalue weighted by Gasteiger charge is -2.10. The lowest BCUT2D eigenvalue weighted by Crippen LogP contribution is -2.13. The van der Waals surface area contributed by atoms with Crippen molar-refractivity contribution in [3.63, 3.8) is 0 Å². The molecule has 12 heteroatoms. The van der Waals surface area contributed by atoms with E-state index in [1.54, 1.807) is 18.2 Å². The lowest BCUT2D eigenvalue weighted by molar-refractivity contribution is -0.137. The van der Waals surface area contributed by atoms with Crippen molar-refractivity contribution in [3.8, 4) is 0 Å². The molecule has 0 aliphatic carbocycles. The van der Waals surface area contributed by atoms with Crippen LogP contribution in [0.4, 0.5) is 19.0 Å². The molecule has 0 radical (unpaired) electrons.